The van der Waals surface area contributed by atoms with Gasteiger partial charge in [-0.25, -0.2) is 0 Å². The van der Waals surface area contributed by atoms with Crippen molar-refractivity contribution in [3.63, 3.8) is 0 Å². The van der Waals surface area contributed by atoms with Crippen LogP contribution in [0, 0.1) is 0 Å². The fourth-order valence-corrected chi connectivity index (χ4v) is 1.40. The summed E-state index contributed by atoms with van der Waals surface area (Å²) in [6, 6.07) is 0. The summed E-state index contributed by atoms with van der Waals surface area (Å²) in [4.78, 5) is 11.4. The molecule has 0 fully saturated rings. The number of ether oxygens (including phenoxy) is 3. The molecular formula is C14H30N2O4. The molecule has 6 heteroatoms. The van der Waals surface area contributed by atoms with E-state index in [0.717, 1.165) is 13.0 Å². The summed E-state index contributed by atoms with van der Waals surface area (Å²) in [6.45, 7) is 8.34. The Morgan fingerprint density at radius 2 is 1.65 bits per heavy atom. The molecule has 0 radical (unpaired) electrons. The Hall–Kier alpha value is -0.690. The second-order valence-electron chi connectivity index (χ2n) is 4.70. The standard InChI is InChI=1S/C14H30N2O4/c1-13(2)20-8-4-5-14(17)16-7-10-19-12-11-18-9-6-15-3/h13,15H,4-12H2,1-3H3,(H,16,17). The third-order valence-corrected chi connectivity index (χ3v) is 2.44. The van der Waals surface area contributed by atoms with E-state index in [0.29, 0.717) is 46.0 Å². The van der Waals surface area contributed by atoms with Gasteiger partial charge in [0.05, 0.1) is 32.5 Å². The molecule has 0 saturated heterocycles. The van der Waals surface area contributed by atoms with Gasteiger partial charge in [0.15, 0.2) is 0 Å². The van der Waals surface area contributed by atoms with Gasteiger partial charge in [-0.05, 0) is 27.3 Å². The maximum Gasteiger partial charge on any atom is 0.220 e. The lowest BCUT2D eigenvalue weighted by Crippen LogP contribution is -2.27. The lowest BCUT2D eigenvalue weighted by atomic mass is 10.3. The van der Waals surface area contributed by atoms with Gasteiger partial charge in [0.1, 0.15) is 0 Å². The van der Waals surface area contributed by atoms with E-state index < -0.39 is 0 Å². The first kappa shape index (κ1) is 19.3. The number of carbonyl (C=O) groups is 1. The summed E-state index contributed by atoms with van der Waals surface area (Å²) >= 11 is 0. The average molecular weight is 290 g/mol. The van der Waals surface area contributed by atoms with Crippen molar-refractivity contribution in [2.24, 2.45) is 0 Å². The molecule has 0 aromatic carbocycles. The number of likely N-dealkylation sites (N-methyl/N-ethyl adjacent to an activating group) is 1. The van der Waals surface area contributed by atoms with Gasteiger partial charge in [0.25, 0.3) is 0 Å². The van der Waals surface area contributed by atoms with Crippen molar-refractivity contribution in [3.05, 3.63) is 0 Å². The molecule has 0 unspecified atom stereocenters. The van der Waals surface area contributed by atoms with Crippen molar-refractivity contribution >= 4 is 5.91 Å². The molecule has 0 atom stereocenters. The van der Waals surface area contributed by atoms with Crippen molar-refractivity contribution in [3.8, 4) is 0 Å². The molecule has 120 valence electrons. The summed E-state index contributed by atoms with van der Waals surface area (Å²) in [5, 5.41) is 5.81. The Kier molecular flexibility index (Phi) is 14.2. The van der Waals surface area contributed by atoms with E-state index in [1.54, 1.807) is 0 Å². The predicted molar refractivity (Wildman–Crippen MR) is 78.9 cm³/mol. The number of amides is 1. The highest BCUT2D eigenvalue weighted by Gasteiger charge is 2.01. The van der Waals surface area contributed by atoms with Crippen molar-refractivity contribution in [2.75, 3.05) is 53.2 Å². The molecule has 0 aromatic heterocycles. The molecule has 0 heterocycles. The minimum absolute atomic E-state index is 0.0474. The van der Waals surface area contributed by atoms with Crippen LogP contribution in [-0.2, 0) is 19.0 Å². The van der Waals surface area contributed by atoms with Gasteiger partial charge < -0.3 is 24.8 Å². The second kappa shape index (κ2) is 14.7. The van der Waals surface area contributed by atoms with Crippen LogP contribution in [0.4, 0.5) is 0 Å². The van der Waals surface area contributed by atoms with E-state index >= 15 is 0 Å². The summed E-state index contributed by atoms with van der Waals surface area (Å²) in [6.07, 6.45) is 1.48. The molecule has 2 N–H and O–H groups in total. The molecule has 0 saturated carbocycles. The highest BCUT2D eigenvalue weighted by atomic mass is 16.5. The highest BCUT2D eigenvalue weighted by Crippen LogP contribution is 1.94. The van der Waals surface area contributed by atoms with Crippen LogP contribution in [0.25, 0.3) is 0 Å². The number of hydrogen-bond acceptors (Lipinski definition) is 5. The Morgan fingerprint density at radius 3 is 2.25 bits per heavy atom. The summed E-state index contributed by atoms with van der Waals surface area (Å²) in [5.74, 6) is 0.0474. The summed E-state index contributed by atoms with van der Waals surface area (Å²) in [7, 11) is 1.89. The summed E-state index contributed by atoms with van der Waals surface area (Å²) < 4.78 is 16.0. The first-order chi connectivity index (χ1) is 9.66. The zero-order chi connectivity index (χ0) is 15.1. The molecule has 0 spiro atoms. The fourth-order valence-electron chi connectivity index (χ4n) is 1.40. The minimum Gasteiger partial charge on any atom is -0.379 e. The molecular weight excluding hydrogens is 260 g/mol. The summed E-state index contributed by atoms with van der Waals surface area (Å²) in [5.41, 5.74) is 0. The lowest BCUT2D eigenvalue weighted by Gasteiger charge is -2.08. The second-order valence-corrected chi connectivity index (χ2v) is 4.70. The van der Waals surface area contributed by atoms with E-state index in [2.05, 4.69) is 10.6 Å². The van der Waals surface area contributed by atoms with E-state index in [1.807, 2.05) is 20.9 Å². The monoisotopic (exact) mass is 290 g/mol. The zero-order valence-corrected chi connectivity index (χ0v) is 13.1. The van der Waals surface area contributed by atoms with E-state index in [9.17, 15) is 4.79 Å². The van der Waals surface area contributed by atoms with Crippen molar-refractivity contribution in [2.45, 2.75) is 32.8 Å². The highest BCUT2D eigenvalue weighted by molar-refractivity contribution is 5.75. The van der Waals surface area contributed by atoms with Crippen LogP contribution < -0.4 is 10.6 Å². The van der Waals surface area contributed by atoms with Crippen molar-refractivity contribution in [1.82, 2.24) is 10.6 Å². The lowest BCUT2D eigenvalue weighted by molar-refractivity contribution is -0.121. The third-order valence-electron chi connectivity index (χ3n) is 2.44. The van der Waals surface area contributed by atoms with Gasteiger partial charge in [-0.15, -0.1) is 0 Å². The Bertz CT molecular complexity index is 225. The molecule has 0 aromatic rings. The average Bonchev–Trinajstić information content (AvgIpc) is 2.41. The first-order valence-corrected chi connectivity index (χ1v) is 7.35. The minimum atomic E-state index is 0.0474. The van der Waals surface area contributed by atoms with E-state index in [-0.39, 0.29) is 12.0 Å². The maximum absolute atomic E-state index is 11.4. The molecule has 20 heavy (non-hydrogen) atoms. The maximum atomic E-state index is 11.4. The Balaban J connectivity index is 3.15. The van der Waals surface area contributed by atoms with Crippen LogP contribution >= 0.6 is 0 Å². The molecule has 6 nitrogen and oxygen atoms in total. The van der Waals surface area contributed by atoms with Gasteiger partial charge in [-0.1, -0.05) is 0 Å². The topological polar surface area (TPSA) is 68.8 Å². The van der Waals surface area contributed by atoms with Gasteiger partial charge in [0, 0.05) is 26.1 Å². The normalized spacial score (nSPS) is 11.0. The fraction of sp³-hybridized carbons (Fsp3) is 0.929. The van der Waals surface area contributed by atoms with Crippen LogP contribution in [0.15, 0.2) is 0 Å². The molecule has 0 aliphatic carbocycles. The van der Waals surface area contributed by atoms with Gasteiger partial charge in [-0.3, -0.25) is 4.79 Å². The van der Waals surface area contributed by atoms with Crippen molar-refractivity contribution in [1.29, 1.82) is 0 Å². The third kappa shape index (κ3) is 15.4. The number of hydrogen-bond donors (Lipinski definition) is 2. The van der Waals surface area contributed by atoms with Gasteiger partial charge >= 0.3 is 0 Å². The van der Waals surface area contributed by atoms with Crippen LogP contribution in [0.1, 0.15) is 26.7 Å². The molecule has 1 amide bonds. The number of nitrogens with one attached hydrogen (secondary N) is 2. The van der Waals surface area contributed by atoms with Crippen LogP contribution in [0.3, 0.4) is 0 Å². The van der Waals surface area contributed by atoms with E-state index in [4.69, 9.17) is 14.2 Å². The SMILES string of the molecule is CNCCOCCOCCNC(=O)CCCOC(C)C. The molecule has 0 bridgehead atoms. The molecule has 0 rings (SSSR count). The van der Waals surface area contributed by atoms with Crippen LogP contribution in [0.2, 0.25) is 0 Å². The zero-order valence-electron chi connectivity index (χ0n) is 13.1. The number of rotatable bonds is 14. The molecule has 0 aliphatic rings. The van der Waals surface area contributed by atoms with Crippen molar-refractivity contribution < 1.29 is 19.0 Å². The number of carbonyl (C=O) groups excluding carboxylic acids is 1. The van der Waals surface area contributed by atoms with Crippen LogP contribution in [-0.4, -0.2) is 65.2 Å². The Labute approximate surface area is 122 Å². The molecule has 0 aliphatic heterocycles. The van der Waals surface area contributed by atoms with Gasteiger partial charge in [0.2, 0.25) is 5.91 Å². The largest absolute Gasteiger partial charge is 0.379 e. The van der Waals surface area contributed by atoms with Gasteiger partial charge in [-0.2, -0.15) is 0 Å². The quantitative estimate of drug-likeness (QED) is 0.458. The first-order valence-electron chi connectivity index (χ1n) is 7.35. The Morgan fingerprint density at radius 1 is 1.00 bits per heavy atom. The van der Waals surface area contributed by atoms with Crippen LogP contribution in [0.5, 0.6) is 0 Å². The smallest absolute Gasteiger partial charge is 0.220 e. The predicted octanol–water partition coefficient (Wildman–Crippen LogP) is 0.560. The van der Waals surface area contributed by atoms with E-state index in [1.165, 1.54) is 0 Å².